The van der Waals surface area contributed by atoms with Crippen molar-refractivity contribution in [3.8, 4) is 0 Å². The molecule has 0 atom stereocenters. The summed E-state index contributed by atoms with van der Waals surface area (Å²) in [6.07, 6.45) is 0. The third kappa shape index (κ3) is 6.34. The van der Waals surface area contributed by atoms with Crippen molar-refractivity contribution in [2.45, 2.75) is 23.3 Å². The molecule has 0 aromatic heterocycles. The van der Waals surface area contributed by atoms with Gasteiger partial charge in [-0.3, -0.25) is 4.55 Å². The van der Waals surface area contributed by atoms with Crippen molar-refractivity contribution in [2.75, 3.05) is 11.4 Å². The lowest BCUT2D eigenvalue weighted by Gasteiger charge is -2.24. The summed E-state index contributed by atoms with van der Waals surface area (Å²) in [6.45, 7) is 6.99. The minimum Gasteiger partial charge on any atom is -0.367 e. The van der Waals surface area contributed by atoms with Gasteiger partial charge in [0, 0.05) is 35.0 Å². The minimum absolute atomic E-state index is 0.0216. The number of rotatable bonds is 8. The summed E-state index contributed by atoms with van der Waals surface area (Å²) in [6, 6.07) is 28.0. The number of nitrogens with zero attached hydrogens (tertiary/aromatic N) is 1. The smallest absolute Gasteiger partial charge is 0.294 e. The Morgan fingerprint density at radius 1 is 0.868 bits per heavy atom. The molecule has 0 saturated carbocycles. The molecule has 9 heteroatoms. The molecule has 196 valence electrons. The van der Waals surface area contributed by atoms with Crippen molar-refractivity contribution < 1.29 is 21.4 Å². The fourth-order valence-electron chi connectivity index (χ4n) is 4.28. The molecule has 0 spiro atoms. The van der Waals surface area contributed by atoms with Crippen molar-refractivity contribution in [2.24, 2.45) is 0 Å². The highest BCUT2D eigenvalue weighted by atomic mass is 35.7. The molecule has 4 rings (SSSR count). The SMILES string of the molecule is C=c1ccc(=C(c2ccc(N(CC)Cc3cccc(S(=O)(=O)O)c3)cc2)c2ccccc2S(=O)(=O)Cl)cc1. The molecule has 0 radical (unpaired) electrons. The highest BCUT2D eigenvalue weighted by Gasteiger charge is 2.19. The summed E-state index contributed by atoms with van der Waals surface area (Å²) in [5.41, 5.74) is 3.61. The van der Waals surface area contributed by atoms with Gasteiger partial charge in [-0.25, -0.2) is 8.42 Å². The van der Waals surface area contributed by atoms with E-state index in [4.69, 9.17) is 10.7 Å². The molecule has 0 fully saturated rings. The van der Waals surface area contributed by atoms with Crippen LogP contribution in [0, 0.1) is 0 Å². The Hall–Kier alpha value is -3.43. The van der Waals surface area contributed by atoms with E-state index >= 15 is 0 Å². The van der Waals surface area contributed by atoms with E-state index in [-0.39, 0.29) is 9.79 Å². The van der Waals surface area contributed by atoms with Crippen LogP contribution in [0.25, 0.3) is 12.2 Å². The lowest BCUT2D eigenvalue weighted by atomic mass is 9.95. The minimum atomic E-state index is -4.29. The van der Waals surface area contributed by atoms with E-state index in [9.17, 15) is 21.4 Å². The van der Waals surface area contributed by atoms with Crippen LogP contribution in [0.5, 0.6) is 0 Å². The zero-order valence-electron chi connectivity index (χ0n) is 20.6. The Morgan fingerprint density at radius 2 is 1.53 bits per heavy atom. The van der Waals surface area contributed by atoms with Crippen LogP contribution in [0.2, 0.25) is 0 Å². The van der Waals surface area contributed by atoms with Gasteiger partial charge < -0.3 is 4.90 Å². The van der Waals surface area contributed by atoms with Crippen molar-refractivity contribution in [1.82, 2.24) is 0 Å². The van der Waals surface area contributed by atoms with Gasteiger partial charge in [-0.15, -0.1) is 0 Å². The zero-order valence-corrected chi connectivity index (χ0v) is 23.0. The van der Waals surface area contributed by atoms with Crippen molar-refractivity contribution >= 4 is 47.7 Å². The Bertz CT molecular complexity index is 1780. The van der Waals surface area contributed by atoms with Crippen LogP contribution in [0.1, 0.15) is 23.6 Å². The van der Waals surface area contributed by atoms with E-state index in [1.807, 2.05) is 55.5 Å². The Labute approximate surface area is 227 Å². The second kappa shape index (κ2) is 11.1. The molecule has 6 nitrogen and oxygen atoms in total. The van der Waals surface area contributed by atoms with E-state index in [0.717, 1.165) is 27.3 Å². The highest BCUT2D eigenvalue weighted by molar-refractivity contribution is 8.13. The molecule has 0 aliphatic rings. The van der Waals surface area contributed by atoms with E-state index in [1.165, 1.54) is 18.2 Å². The molecular formula is C29H26ClNO5S2. The maximum absolute atomic E-state index is 12.4. The standard InChI is InChI=1S/C29H26ClNO5S2/c1-3-31(20-22-7-6-8-26(19-22)38(34,35)36)25-17-15-24(16-18-25)29(23-13-11-21(2)12-14-23)27-9-4-5-10-28(27)37(30,32)33/h4-19H,2-3,20H2,1H3,(H,34,35,36). The monoisotopic (exact) mass is 567 g/mol. The number of benzene rings is 4. The van der Waals surface area contributed by atoms with Crippen LogP contribution in [0.4, 0.5) is 5.69 Å². The fourth-order valence-corrected chi connectivity index (χ4v) is 5.91. The van der Waals surface area contributed by atoms with Crippen molar-refractivity contribution in [3.05, 3.63) is 124 Å². The van der Waals surface area contributed by atoms with E-state index in [1.54, 1.807) is 30.3 Å². The second-order valence-corrected chi connectivity index (χ2v) is 12.6. The lowest BCUT2D eigenvalue weighted by Crippen LogP contribution is -2.22. The molecule has 4 aromatic carbocycles. The Morgan fingerprint density at radius 3 is 2.13 bits per heavy atom. The van der Waals surface area contributed by atoms with E-state index in [0.29, 0.717) is 24.2 Å². The van der Waals surface area contributed by atoms with Gasteiger partial charge in [-0.1, -0.05) is 73.3 Å². The number of hydrogen-bond donors (Lipinski definition) is 1. The molecule has 4 aromatic rings. The highest BCUT2D eigenvalue weighted by Crippen LogP contribution is 2.30. The third-order valence-corrected chi connectivity index (χ3v) is 8.36. The molecule has 0 saturated heterocycles. The summed E-state index contributed by atoms with van der Waals surface area (Å²) in [7, 11) is -2.50. The summed E-state index contributed by atoms with van der Waals surface area (Å²) < 4.78 is 57.3. The zero-order chi connectivity index (χ0) is 27.5. The first kappa shape index (κ1) is 27.6. The summed E-state index contributed by atoms with van der Waals surface area (Å²) in [5, 5.41) is 1.64. The van der Waals surface area contributed by atoms with Gasteiger partial charge in [-0.05, 0) is 64.4 Å². The van der Waals surface area contributed by atoms with Gasteiger partial charge in [0.2, 0.25) is 0 Å². The van der Waals surface area contributed by atoms with Gasteiger partial charge in [-0.2, -0.15) is 8.42 Å². The first-order chi connectivity index (χ1) is 18.0. The number of anilines is 1. The number of halogens is 1. The van der Waals surface area contributed by atoms with Crippen LogP contribution in [-0.4, -0.2) is 27.9 Å². The summed E-state index contributed by atoms with van der Waals surface area (Å²) in [5.74, 6) is 0. The molecule has 0 aliphatic carbocycles. The molecular weight excluding hydrogens is 542 g/mol. The average Bonchev–Trinajstić information content (AvgIpc) is 2.88. The lowest BCUT2D eigenvalue weighted by molar-refractivity contribution is 0.483. The Balaban J connectivity index is 1.78. The van der Waals surface area contributed by atoms with E-state index in [2.05, 4.69) is 11.5 Å². The first-order valence-corrected chi connectivity index (χ1v) is 15.5. The molecule has 0 amide bonds. The average molecular weight is 568 g/mol. The van der Waals surface area contributed by atoms with Gasteiger partial charge in [0.25, 0.3) is 19.2 Å². The van der Waals surface area contributed by atoms with Crippen LogP contribution in [-0.2, 0) is 25.7 Å². The molecule has 38 heavy (non-hydrogen) atoms. The van der Waals surface area contributed by atoms with Crippen LogP contribution < -0.4 is 15.3 Å². The van der Waals surface area contributed by atoms with Gasteiger partial charge >= 0.3 is 0 Å². The molecule has 1 N–H and O–H groups in total. The first-order valence-electron chi connectivity index (χ1n) is 11.7. The van der Waals surface area contributed by atoms with Gasteiger partial charge in [0.15, 0.2) is 0 Å². The topological polar surface area (TPSA) is 91.8 Å². The molecule has 0 heterocycles. The van der Waals surface area contributed by atoms with Crippen LogP contribution in [0.3, 0.4) is 0 Å². The normalized spacial score (nSPS) is 11.8. The fraction of sp³-hybridized carbons (Fsp3) is 0.103. The second-order valence-electron chi connectivity index (χ2n) is 8.69. The largest absolute Gasteiger partial charge is 0.367 e. The molecule has 0 aliphatic heterocycles. The number of hydrogen-bond acceptors (Lipinski definition) is 5. The maximum atomic E-state index is 12.4. The van der Waals surface area contributed by atoms with Gasteiger partial charge in [0.1, 0.15) is 0 Å². The quantitative estimate of drug-likeness (QED) is 0.248. The van der Waals surface area contributed by atoms with Gasteiger partial charge in [0.05, 0.1) is 9.79 Å². The summed E-state index contributed by atoms with van der Waals surface area (Å²) in [4.78, 5) is 1.93. The summed E-state index contributed by atoms with van der Waals surface area (Å²) >= 11 is 0. The predicted octanol–water partition coefficient (Wildman–Crippen LogP) is 4.54. The van der Waals surface area contributed by atoms with E-state index < -0.39 is 19.2 Å². The maximum Gasteiger partial charge on any atom is 0.294 e. The van der Waals surface area contributed by atoms with Crippen molar-refractivity contribution in [1.29, 1.82) is 0 Å². The molecule has 0 bridgehead atoms. The van der Waals surface area contributed by atoms with Crippen LogP contribution in [0.15, 0.2) is 107 Å². The predicted molar refractivity (Wildman–Crippen MR) is 152 cm³/mol. The molecule has 0 unspecified atom stereocenters. The Kier molecular flexibility index (Phi) is 8.08. The van der Waals surface area contributed by atoms with Crippen molar-refractivity contribution in [3.63, 3.8) is 0 Å². The van der Waals surface area contributed by atoms with Crippen LogP contribution >= 0.6 is 10.7 Å². The third-order valence-electron chi connectivity index (χ3n) is 6.13.